The molecule has 0 bridgehead atoms. The first-order valence-electron chi connectivity index (χ1n) is 6.83. The molecule has 2 N–H and O–H groups in total. The summed E-state index contributed by atoms with van der Waals surface area (Å²) < 4.78 is 0.857. The number of fused-ring (bicyclic) bond motifs is 1. The van der Waals surface area contributed by atoms with Gasteiger partial charge in [0.05, 0.1) is 22.0 Å². The Hall–Kier alpha value is -1.89. The van der Waals surface area contributed by atoms with Gasteiger partial charge in [-0.25, -0.2) is 0 Å². The first-order valence-corrected chi connectivity index (χ1v) is 8.37. The molecular formula is C16H10BrCl2N3O2. The third-order valence-corrected chi connectivity index (χ3v) is 4.55. The van der Waals surface area contributed by atoms with Crippen LogP contribution in [0.1, 0.15) is 5.56 Å². The Labute approximate surface area is 155 Å². The maximum atomic E-state index is 12.0. The number of rotatable bonds is 3. The van der Waals surface area contributed by atoms with E-state index in [-0.39, 0.29) is 18.0 Å². The highest BCUT2D eigenvalue weighted by Gasteiger charge is 2.11. The van der Waals surface area contributed by atoms with Crippen molar-refractivity contribution in [2.75, 3.05) is 0 Å². The lowest BCUT2D eigenvalue weighted by Gasteiger charge is -1.99. The quantitative estimate of drug-likeness (QED) is 0.519. The zero-order valence-corrected chi connectivity index (χ0v) is 15.2. The maximum absolute atomic E-state index is 12.0. The summed E-state index contributed by atoms with van der Waals surface area (Å²) in [6.45, 7) is 0. The molecular weight excluding hydrogens is 417 g/mol. The average Bonchev–Trinajstić information content (AvgIpc) is 2.83. The van der Waals surface area contributed by atoms with Crippen LogP contribution in [0.2, 0.25) is 10.0 Å². The molecule has 1 heterocycles. The molecule has 5 nitrogen and oxygen atoms in total. The molecule has 1 aromatic heterocycles. The molecule has 3 aromatic rings. The van der Waals surface area contributed by atoms with Gasteiger partial charge in [-0.05, 0) is 35.9 Å². The molecule has 24 heavy (non-hydrogen) atoms. The maximum Gasteiger partial charge on any atom is 0.269 e. The van der Waals surface area contributed by atoms with Crippen LogP contribution < -0.4 is 0 Å². The van der Waals surface area contributed by atoms with E-state index in [1.54, 1.807) is 30.3 Å². The Morgan fingerprint density at radius 1 is 1.17 bits per heavy atom. The van der Waals surface area contributed by atoms with Crippen LogP contribution in [-0.2, 0) is 11.2 Å². The molecule has 0 unspecified atom stereocenters. The van der Waals surface area contributed by atoms with E-state index in [4.69, 9.17) is 23.2 Å². The van der Waals surface area contributed by atoms with Gasteiger partial charge >= 0.3 is 0 Å². The molecule has 0 saturated carbocycles. The van der Waals surface area contributed by atoms with Crippen LogP contribution in [0.4, 0.5) is 5.69 Å². The normalized spacial score (nSPS) is 11.5. The summed E-state index contributed by atoms with van der Waals surface area (Å²) in [5.41, 5.74) is 1.59. The fourth-order valence-electron chi connectivity index (χ4n) is 2.21. The number of aromatic amines is 1. The summed E-state index contributed by atoms with van der Waals surface area (Å²) >= 11 is 15.1. The van der Waals surface area contributed by atoms with Crippen LogP contribution in [-0.4, -0.2) is 16.0 Å². The van der Waals surface area contributed by atoms with Gasteiger partial charge in [0.25, 0.3) is 5.91 Å². The summed E-state index contributed by atoms with van der Waals surface area (Å²) in [6, 6.07) is 10.3. The minimum Gasteiger partial charge on any atom is -0.493 e. The standard InChI is InChI=1S/C16H10BrCl2N3O2/c17-9-2-3-10-13(7-9)20-16(24)15(10)22-21-14(23)6-8-1-4-11(18)12(19)5-8/h1-5,7,20,24H,6H2. The van der Waals surface area contributed by atoms with Crippen molar-refractivity contribution in [3.63, 3.8) is 0 Å². The predicted molar refractivity (Wildman–Crippen MR) is 97.4 cm³/mol. The van der Waals surface area contributed by atoms with E-state index in [0.29, 0.717) is 26.5 Å². The Morgan fingerprint density at radius 2 is 1.96 bits per heavy atom. The molecule has 0 atom stereocenters. The van der Waals surface area contributed by atoms with Crippen molar-refractivity contribution in [1.29, 1.82) is 0 Å². The van der Waals surface area contributed by atoms with Gasteiger partial charge in [0.2, 0.25) is 5.88 Å². The third kappa shape index (κ3) is 3.61. The van der Waals surface area contributed by atoms with Gasteiger partial charge < -0.3 is 10.1 Å². The van der Waals surface area contributed by atoms with Crippen molar-refractivity contribution >= 4 is 61.6 Å². The van der Waals surface area contributed by atoms with Crippen molar-refractivity contribution in [3.8, 4) is 5.88 Å². The van der Waals surface area contributed by atoms with Gasteiger partial charge in [0.15, 0.2) is 5.69 Å². The second-order valence-electron chi connectivity index (χ2n) is 5.03. The molecule has 0 saturated heterocycles. The number of amides is 1. The Balaban J connectivity index is 1.81. The molecule has 0 aliphatic carbocycles. The summed E-state index contributed by atoms with van der Waals surface area (Å²) in [4.78, 5) is 14.8. The van der Waals surface area contributed by atoms with Crippen LogP contribution in [0.3, 0.4) is 0 Å². The number of azo groups is 1. The summed E-state index contributed by atoms with van der Waals surface area (Å²) in [7, 11) is 0. The van der Waals surface area contributed by atoms with Crippen molar-refractivity contribution < 1.29 is 9.90 Å². The number of benzene rings is 2. The van der Waals surface area contributed by atoms with E-state index in [1.165, 1.54) is 0 Å². The van der Waals surface area contributed by atoms with Crippen LogP contribution in [0.15, 0.2) is 51.1 Å². The average molecular weight is 427 g/mol. The number of halogens is 3. The zero-order valence-electron chi connectivity index (χ0n) is 12.1. The van der Waals surface area contributed by atoms with Gasteiger partial charge in [-0.2, -0.15) is 0 Å². The minimum atomic E-state index is -0.459. The lowest BCUT2D eigenvalue weighted by Crippen LogP contribution is -1.97. The topological polar surface area (TPSA) is 77.8 Å². The number of carbonyl (C=O) groups is 1. The number of aromatic nitrogens is 1. The van der Waals surface area contributed by atoms with Crippen LogP contribution >= 0.6 is 39.1 Å². The smallest absolute Gasteiger partial charge is 0.269 e. The number of nitrogens with one attached hydrogen (secondary N) is 1. The molecule has 1 amide bonds. The van der Waals surface area contributed by atoms with Crippen molar-refractivity contribution in [2.45, 2.75) is 6.42 Å². The van der Waals surface area contributed by atoms with E-state index in [9.17, 15) is 9.90 Å². The summed E-state index contributed by atoms with van der Waals surface area (Å²) in [5.74, 6) is -0.603. The van der Waals surface area contributed by atoms with Crippen molar-refractivity contribution in [1.82, 2.24) is 4.98 Å². The molecule has 0 aliphatic heterocycles. The first kappa shape index (κ1) is 17.0. The van der Waals surface area contributed by atoms with Gasteiger partial charge in [0.1, 0.15) is 0 Å². The molecule has 0 spiro atoms. The van der Waals surface area contributed by atoms with Gasteiger partial charge in [0, 0.05) is 9.86 Å². The monoisotopic (exact) mass is 425 g/mol. The van der Waals surface area contributed by atoms with E-state index >= 15 is 0 Å². The fourth-order valence-corrected chi connectivity index (χ4v) is 2.89. The molecule has 2 aromatic carbocycles. The highest BCUT2D eigenvalue weighted by Crippen LogP contribution is 2.36. The molecule has 122 valence electrons. The van der Waals surface area contributed by atoms with E-state index in [0.717, 1.165) is 4.47 Å². The largest absolute Gasteiger partial charge is 0.493 e. The van der Waals surface area contributed by atoms with Gasteiger partial charge in [-0.3, -0.25) is 4.79 Å². The van der Waals surface area contributed by atoms with E-state index < -0.39 is 5.91 Å². The Kier molecular flexibility index (Phi) is 4.89. The highest BCUT2D eigenvalue weighted by molar-refractivity contribution is 9.10. The molecule has 8 heteroatoms. The number of hydrogen-bond acceptors (Lipinski definition) is 3. The molecule has 0 fully saturated rings. The summed E-state index contributed by atoms with van der Waals surface area (Å²) in [5, 5.41) is 18.9. The number of H-pyrrole nitrogens is 1. The Bertz CT molecular complexity index is 969. The fraction of sp³-hybridized carbons (Fsp3) is 0.0625. The minimum absolute atomic E-state index is 0.0368. The zero-order chi connectivity index (χ0) is 17.3. The van der Waals surface area contributed by atoms with Gasteiger partial charge in [-0.1, -0.05) is 45.2 Å². The Morgan fingerprint density at radius 3 is 2.71 bits per heavy atom. The van der Waals surface area contributed by atoms with Crippen LogP contribution in [0, 0.1) is 0 Å². The van der Waals surface area contributed by atoms with Crippen LogP contribution in [0.5, 0.6) is 5.88 Å². The predicted octanol–water partition coefficient (Wildman–Crippen LogP) is 5.80. The highest BCUT2D eigenvalue weighted by atomic mass is 79.9. The number of aromatic hydroxyl groups is 1. The number of nitrogens with zero attached hydrogens (tertiary/aromatic N) is 2. The van der Waals surface area contributed by atoms with E-state index in [2.05, 4.69) is 31.1 Å². The second kappa shape index (κ2) is 6.93. The first-order chi connectivity index (χ1) is 11.4. The van der Waals surface area contributed by atoms with Crippen LogP contribution in [0.25, 0.3) is 10.9 Å². The summed E-state index contributed by atoms with van der Waals surface area (Å²) in [6.07, 6.45) is 0.0368. The SMILES string of the molecule is O=C(Cc1ccc(Cl)c(Cl)c1)N=Nc1c(O)[nH]c2cc(Br)ccc12. The van der Waals surface area contributed by atoms with Gasteiger partial charge in [-0.15, -0.1) is 10.2 Å². The van der Waals surface area contributed by atoms with Crippen molar-refractivity contribution in [3.05, 3.63) is 56.5 Å². The lowest BCUT2D eigenvalue weighted by molar-refractivity contribution is -0.117. The number of hydrogen-bond donors (Lipinski definition) is 2. The second-order valence-corrected chi connectivity index (χ2v) is 6.76. The number of carbonyl (C=O) groups excluding carboxylic acids is 1. The van der Waals surface area contributed by atoms with E-state index in [1.807, 2.05) is 6.07 Å². The van der Waals surface area contributed by atoms with Crippen molar-refractivity contribution in [2.24, 2.45) is 10.2 Å². The molecule has 0 aliphatic rings. The third-order valence-electron chi connectivity index (χ3n) is 3.32. The lowest BCUT2D eigenvalue weighted by atomic mass is 10.1. The molecule has 3 rings (SSSR count). The molecule has 0 radical (unpaired) electrons.